The van der Waals surface area contributed by atoms with Gasteiger partial charge in [0.15, 0.2) is 5.96 Å². The lowest BCUT2D eigenvalue weighted by Crippen LogP contribution is -2.43. The molecule has 0 aliphatic heterocycles. The van der Waals surface area contributed by atoms with E-state index in [9.17, 15) is 8.42 Å². The number of hydrogen-bond acceptors (Lipinski definition) is 3. The fraction of sp³-hybridized carbons (Fsp3) is 0.938. The molecule has 3 atom stereocenters. The van der Waals surface area contributed by atoms with Crippen LogP contribution in [-0.2, 0) is 9.84 Å². The Bertz CT molecular complexity index is 448. The Kier molecular flexibility index (Phi) is 8.21. The summed E-state index contributed by atoms with van der Waals surface area (Å²) in [6.45, 7) is 5.26. The van der Waals surface area contributed by atoms with E-state index in [2.05, 4.69) is 22.5 Å². The topological polar surface area (TPSA) is 70.6 Å². The van der Waals surface area contributed by atoms with Crippen molar-refractivity contribution in [1.29, 1.82) is 0 Å². The predicted molar refractivity (Wildman–Crippen MR) is 94.0 cm³/mol. The maximum Gasteiger partial charge on any atom is 0.191 e. The van der Waals surface area contributed by atoms with E-state index >= 15 is 0 Å². The number of nitrogens with one attached hydrogen (secondary N) is 2. The fourth-order valence-corrected chi connectivity index (χ4v) is 3.89. The molecular formula is C16H33N3O2S. The third-order valence-corrected chi connectivity index (χ3v) is 5.40. The summed E-state index contributed by atoms with van der Waals surface area (Å²) in [5.74, 6) is 2.67. The van der Waals surface area contributed by atoms with E-state index in [0.29, 0.717) is 6.42 Å². The first-order valence-corrected chi connectivity index (χ1v) is 10.5. The molecule has 0 heterocycles. The Balaban J connectivity index is 2.24. The normalized spacial score (nSPS) is 24.8. The van der Waals surface area contributed by atoms with Crippen LogP contribution < -0.4 is 10.6 Å². The van der Waals surface area contributed by atoms with Crippen LogP contribution in [-0.4, -0.2) is 46.0 Å². The molecule has 3 unspecified atom stereocenters. The summed E-state index contributed by atoms with van der Waals surface area (Å²) in [6, 6.07) is 0.0932. The van der Waals surface area contributed by atoms with Crippen LogP contribution in [0, 0.1) is 11.8 Å². The van der Waals surface area contributed by atoms with E-state index < -0.39 is 9.84 Å². The van der Waals surface area contributed by atoms with Gasteiger partial charge in [-0.25, -0.2) is 8.42 Å². The van der Waals surface area contributed by atoms with Gasteiger partial charge in [0.25, 0.3) is 0 Å². The second-order valence-electron chi connectivity index (χ2n) is 6.89. The lowest BCUT2D eigenvalue weighted by Gasteiger charge is -2.27. The predicted octanol–water partition coefficient (Wildman–Crippen LogP) is 2.19. The van der Waals surface area contributed by atoms with Crippen molar-refractivity contribution in [2.75, 3.05) is 25.6 Å². The molecule has 1 aliphatic rings. The summed E-state index contributed by atoms with van der Waals surface area (Å²) in [6.07, 6.45) is 8.49. The average molecular weight is 332 g/mol. The van der Waals surface area contributed by atoms with Crippen LogP contribution >= 0.6 is 0 Å². The van der Waals surface area contributed by atoms with Crippen molar-refractivity contribution in [3.63, 3.8) is 0 Å². The van der Waals surface area contributed by atoms with E-state index in [1.165, 1.54) is 38.4 Å². The SMILES string of the molecule is CN=C(NCCC1CCCC(C)C1)NC(C)CCS(C)(=O)=O. The van der Waals surface area contributed by atoms with Crippen LogP contribution in [0.5, 0.6) is 0 Å². The quantitative estimate of drug-likeness (QED) is 0.554. The standard InChI is InChI=1S/C16H33N3O2S/c1-13-6-5-7-15(12-13)8-10-18-16(17-3)19-14(2)9-11-22(4,20)21/h13-15H,5-12H2,1-4H3,(H2,17,18,19). The monoisotopic (exact) mass is 331 g/mol. The van der Waals surface area contributed by atoms with Gasteiger partial charge >= 0.3 is 0 Å². The summed E-state index contributed by atoms with van der Waals surface area (Å²) < 4.78 is 22.4. The zero-order valence-corrected chi connectivity index (χ0v) is 15.4. The highest BCUT2D eigenvalue weighted by Gasteiger charge is 2.18. The van der Waals surface area contributed by atoms with Crippen molar-refractivity contribution in [2.24, 2.45) is 16.8 Å². The van der Waals surface area contributed by atoms with E-state index in [1.54, 1.807) is 7.05 Å². The number of nitrogens with zero attached hydrogens (tertiary/aromatic N) is 1. The smallest absolute Gasteiger partial charge is 0.191 e. The minimum Gasteiger partial charge on any atom is -0.356 e. The third-order valence-electron chi connectivity index (χ3n) is 4.42. The second-order valence-corrected chi connectivity index (χ2v) is 9.15. The first-order valence-electron chi connectivity index (χ1n) is 8.45. The van der Waals surface area contributed by atoms with Crippen molar-refractivity contribution < 1.29 is 8.42 Å². The summed E-state index contributed by atoms with van der Waals surface area (Å²) in [5, 5.41) is 6.61. The molecule has 0 saturated heterocycles. The highest BCUT2D eigenvalue weighted by Crippen LogP contribution is 2.30. The van der Waals surface area contributed by atoms with Crippen LogP contribution in [0.15, 0.2) is 4.99 Å². The largest absolute Gasteiger partial charge is 0.356 e. The second kappa shape index (κ2) is 9.38. The summed E-state index contributed by atoms with van der Waals surface area (Å²) in [5.41, 5.74) is 0. The van der Waals surface area contributed by atoms with Gasteiger partial charge in [0.1, 0.15) is 9.84 Å². The summed E-state index contributed by atoms with van der Waals surface area (Å²) >= 11 is 0. The molecule has 0 aromatic heterocycles. The van der Waals surface area contributed by atoms with Crippen molar-refractivity contribution in [3.8, 4) is 0 Å². The van der Waals surface area contributed by atoms with E-state index in [4.69, 9.17) is 0 Å². The molecule has 0 bridgehead atoms. The molecule has 5 nitrogen and oxygen atoms in total. The average Bonchev–Trinajstić information content (AvgIpc) is 2.43. The number of aliphatic imine (C=N–C) groups is 1. The van der Waals surface area contributed by atoms with Crippen molar-refractivity contribution in [3.05, 3.63) is 0 Å². The Morgan fingerprint density at radius 2 is 2.09 bits per heavy atom. The molecule has 130 valence electrons. The van der Waals surface area contributed by atoms with Crippen LogP contribution in [0.25, 0.3) is 0 Å². The molecule has 0 aromatic carbocycles. The van der Waals surface area contributed by atoms with Crippen molar-refractivity contribution in [1.82, 2.24) is 10.6 Å². The zero-order chi connectivity index (χ0) is 16.6. The maximum absolute atomic E-state index is 11.2. The first-order chi connectivity index (χ1) is 10.3. The van der Waals surface area contributed by atoms with Gasteiger partial charge in [0.2, 0.25) is 0 Å². The minimum absolute atomic E-state index is 0.0932. The molecular weight excluding hydrogens is 298 g/mol. The molecule has 0 spiro atoms. The van der Waals surface area contributed by atoms with Gasteiger partial charge < -0.3 is 10.6 Å². The molecule has 1 saturated carbocycles. The van der Waals surface area contributed by atoms with Gasteiger partial charge in [0.05, 0.1) is 5.75 Å². The lowest BCUT2D eigenvalue weighted by atomic mass is 9.81. The Morgan fingerprint density at radius 3 is 2.68 bits per heavy atom. The van der Waals surface area contributed by atoms with Crippen molar-refractivity contribution in [2.45, 2.75) is 58.4 Å². The van der Waals surface area contributed by atoms with Crippen LogP contribution in [0.2, 0.25) is 0 Å². The number of rotatable bonds is 7. The highest BCUT2D eigenvalue weighted by molar-refractivity contribution is 7.90. The van der Waals surface area contributed by atoms with Crippen molar-refractivity contribution >= 4 is 15.8 Å². The summed E-state index contributed by atoms with van der Waals surface area (Å²) in [7, 11) is -1.15. The van der Waals surface area contributed by atoms with Gasteiger partial charge in [-0.3, -0.25) is 4.99 Å². The molecule has 0 amide bonds. The van der Waals surface area contributed by atoms with Gasteiger partial charge in [-0.15, -0.1) is 0 Å². The fourth-order valence-electron chi connectivity index (χ4n) is 3.11. The molecule has 22 heavy (non-hydrogen) atoms. The molecule has 1 rings (SSSR count). The highest BCUT2D eigenvalue weighted by atomic mass is 32.2. The van der Waals surface area contributed by atoms with E-state index in [0.717, 1.165) is 24.3 Å². The zero-order valence-electron chi connectivity index (χ0n) is 14.6. The minimum atomic E-state index is -2.90. The molecule has 1 fully saturated rings. The maximum atomic E-state index is 11.2. The van der Waals surface area contributed by atoms with E-state index in [-0.39, 0.29) is 11.8 Å². The molecule has 1 aliphatic carbocycles. The number of guanidine groups is 1. The Morgan fingerprint density at radius 1 is 1.36 bits per heavy atom. The van der Waals surface area contributed by atoms with Crippen LogP contribution in [0.1, 0.15) is 52.4 Å². The van der Waals surface area contributed by atoms with E-state index in [1.807, 2.05) is 6.92 Å². The lowest BCUT2D eigenvalue weighted by molar-refractivity contribution is 0.270. The van der Waals surface area contributed by atoms with Gasteiger partial charge in [0, 0.05) is 25.9 Å². The molecule has 6 heteroatoms. The molecule has 0 radical (unpaired) electrons. The molecule has 2 N–H and O–H groups in total. The Hall–Kier alpha value is -0.780. The number of sulfone groups is 1. The van der Waals surface area contributed by atoms with Crippen LogP contribution in [0.3, 0.4) is 0 Å². The third kappa shape index (κ3) is 8.61. The van der Waals surface area contributed by atoms with Crippen LogP contribution in [0.4, 0.5) is 0 Å². The van der Waals surface area contributed by atoms with Gasteiger partial charge in [-0.2, -0.15) is 0 Å². The molecule has 0 aromatic rings. The van der Waals surface area contributed by atoms with Gasteiger partial charge in [-0.05, 0) is 38.0 Å². The number of hydrogen-bond donors (Lipinski definition) is 2. The van der Waals surface area contributed by atoms with Gasteiger partial charge in [-0.1, -0.05) is 26.2 Å². The Labute approximate surface area is 136 Å². The summed E-state index contributed by atoms with van der Waals surface area (Å²) in [4.78, 5) is 4.22. The first kappa shape index (κ1) is 19.3.